The second-order valence-electron chi connectivity index (χ2n) is 5.12. The van der Waals surface area contributed by atoms with Crippen LogP contribution < -0.4 is 10.1 Å². The minimum absolute atomic E-state index is 0.303. The van der Waals surface area contributed by atoms with Crippen LogP contribution in [0, 0.1) is 5.41 Å². The predicted octanol–water partition coefficient (Wildman–Crippen LogP) is 2.34. The molecule has 2 rings (SSSR count). The van der Waals surface area contributed by atoms with Gasteiger partial charge in [0.25, 0.3) is 0 Å². The zero-order chi connectivity index (χ0) is 12.8. The molecule has 2 N–H and O–H groups in total. The van der Waals surface area contributed by atoms with Gasteiger partial charge < -0.3 is 15.2 Å². The van der Waals surface area contributed by atoms with Gasteiger partial charge in [0.15, 0.2) is 0 Å². The van der Waals surface area contributed by atoms with Gasteiger partial charge in [0.05, 0.1) is 6.61 Å². The highest BCUT2D eigenvalue weighted by Crippen LogP contribution is 2.47. The van der Waals surface area contributed by atoms with Crippen LogP contribution in [0.15, 0.2) is 24.3 Å². The standard InChI is InChI=1S/C15H23NO2/c1-2-18-14-6-4-3-5-13(14)11-16-12-15(7-8-15)9-10-17/h3-6,16-17H,2,7-12H2,1H3. The lowest BCUT2D eigenvalue weighted by atomic mass is 10.0. The largest absolute Gasteiger partial charge is 0.494 e. The molecule has 18 heavy (non-hydrogen) atoms. The summed E-state index contributed by atoms with van der Waals surface area (Å²) in [7, 11) is 0. The monoisotopic (exact) mass is 249 g/mol. The Balaban J connectivity index is 1.83. The molecule has 1 saturated carbocycles. The number of aliphatic hydroxyl groups is 1. The molecule has 0 amide bonds. The van der Waals surface area contributed by atoms with Crippen LogP contribution in [0.5, 0.6) is 5.75 Å². The molecule has 0 aliphatic heterocycles. The Morgan fingerprint density at radius 3 is 2.78 bits per heavy atom. The molecule has 1 aromatic rings. The zero-order valence-corrected chi connectivity index (χ0v) is 11.1. The Kier molecular flexibility index (Phi) is 4.61. The molecule has 0 spiro atoms. The van der Waals surface area contributed by atoms with Gasteiger partial charge in [-0.25, -0.2) is 0 Å². The van der Waals surface area contributed by atoms with E-state index in [1.165, 1.54) is 18.4 Å². The van der Waals surface area contributed by atoms with Crippen molar-refractivity contribution in [2.24, 2.45) is 5.41 Å². The molecule has 0 heterocycles. The van der Waals surface area contributed by atoms with Gasteiger partial charge in [-0.05, 0) is 37.7 Å². The third-order valence-corrected chi connectivity index (χ3v) is 3.69. The van der Waals surface area contributed by atoms with E-state index in [0.717, 1.165) is 25.3 Å². The van der Waals surface area contributed by atoms with E-state index in [1.807, 2.05) is 25.1 Å². The topological polar surface area (TPSA) is 41.5 Å². The second-order valence-corrected chi connectivity index (χ2v) is 5.12. The van der Waals surface area contributed by atoms with E-state index in [2.05, 4.69) is 11.4 Å². The normalized spacial score (nSPS) is 16.6. The Labute approximate surface area is 109 Å². The molecule has 100 valence electrons. The maximum absolute atomic E-state index is 9.02. The molecule has 1 fully saturated rings. The number of hydrogen-bond acceptors (Lipinski definition) is 3. The van der Waals surface area contributed by atoms with Gasteiger partial charge in [-0.2, -0.15) is 0 Å². The number of aliphatic hydroxyl groups excluding tert-OH is 1. The summed E-state index contributed by atoms with van der Waals surface area (Å²) in [6.45, 7) is 4.84. The van der Waals surface area contributed by atoms with Gasteiger partial charge in [0.2, 0.25) is 0 Å². The van der Waals surface area contributed by atoms with E-state index in [-0.39, 0.29) is 0 Å². The van der Waals surface area contributed by atoms with Crippen molar-refractivity contribution in [1.29, 1.82) is 0 Å². The Hall–Kier alpha value is -1.06. The van der Waals surface area contributed by atoms with Crippen LogP contribution in [0.3, 0.4) is 0 Å². The van der Waals surface area contributed by atoms with Gasteiger partial charge >= 0.3 is 0 Å². The van der Waals surface area contributed by atoms with Crippen LogP contribution >= 0.6 is 0 Å². The Morgan fingerprint density at radius 2 is 2.11 bits per heavy atom. The highest BCUT2D eigenvalue weighted by Gasteiger charge is 2.41. The smallest absolute Gasteiger partial charge is 0.123 e. The summed E-state index contributed by atoms with van der Waals surface area (Å²) >= 11 is 0. The first kappa shape index (κ1) is 13.4. The predicted molar refractivity (Wildman–Crippen MR) is 72.7 cm³/mol. The van der Waals surface area contributed by atoms with Crippen molar-refractivity contribution in [1.82, 2.24) is 5.32 Å². The second kappa shape index (κ2) is 6.21. The summed E-state index contributed by atoms with van der Waals surface area (Å²) in [6.07, 6.45) is 3.41. The number of nitrogens with one attached hydrogen (secondary N) is 1. The van der Waals surface area contributed by atoms with Crippen molar-refractivity contribution >= 4 is 0 Å². The lowest BCUT2D eigenvalue weighted by molar-refractivity contribution is 0.245. The maximum Gasteiger partial charge on any atom is 0.123 e. The molecule has 1 aliphatic rings. The quantitative estimate of drug-likeness (QED) is 0.743. The summed E-state index contributed by atoms with van der Waals surface area (Å²) in [5.41, 5.74) is 1.58. The van der Waals surface area contributed by atoms with Crippen LogP contribution in [0.2, 0.25) is 0 Å². The first-order valence-corrected chi connectivity index (χ1v) is 6.82. The molecule has 1 aliphatic carbocycles. The summed E-state index contributed by atoms with van der Waals surface area (Å²) in [5.74, 6) is 0.972. The van der Waals surface area contributed by atoms with Crippen molar-refractivity contribution in [3.63, 3.8) is 0 Å². The molecule has 0 atom stereocenters. The van der Waals surface area contributed by atoms with E-state index >= 15 is 0 Å². The van der Waals surface area contributed by atoms with Crippen molar-refractivity contribution in [3.8, 4) is 5.75 Å². The van der Waals surface area contributed by atoms with Crippen molar-refractivity contribution in [3.05, 3.63) is 29.8 Å². The minimum Gasteiger partial charge on any atom is -0.494 e. The summed E-state index contributed by atoms with van der Waals surface area (Å²) < 4.78 is 5.60. The average Bonchev–Trinajstić information content (AvgIpc) is 3.12. The lowest BCUT2D eigenvalue weighted by Crippen LogP contribution is -2.24. The average molecular weight is 249 g/mol. The van der Waals surface area contributed by atoms with Crippen LogP contribution in [0.1, 0.15) is 31.7 Å². The lowest BCUT2D eigenvalue weighted by Gasteiger charge is -2.16. The fraction of sp³-hybridized carbons (Fsp3) is 0.600. The van der Waals surface area contributed by atoms with Gasteiger partial charge in [-0.15, -0.1) is 0 Å². The van der Waals surface area contributed by atoms with Crippen LogP contribution in [0.25, 0.3) is 0 Å². The Bertz CT molecular complexity index is 375. The number of hydrogen-bond donors (Lipinski definition) is 2. The molecule has 0 radical (unpaired) electrons. The number of ether oxygens (including phenoxy) is 1. The molecule has 0 saturated heterocycles. The Morgan fingerprint density at radius 1 is 1.33 bits per heavy atom. The van der Waals surface area contributed by atoms with Gasteiger partial charge in [-0.3, -0.25) is 0 Å². The molecular formula is C15H23NO2. The van der Waals surface area contributed by atoms with E-state index in [9.17, 15) is 0 Å². The fourth-order valence-electron chi connectivity index (χ4n) is 2.34. The van der Waals surface area contributed by atoms with Crippen molar-refractivity contribution in [2.45, 2.75) is 32.7 Å². The first-order valence-electron chi connectivity index (χ1n) is 6.82. The first-order chi connectivity index (χ1) is 8.79. The third-order valence-electron chi connectivity index (χ3n) is 3.69. The molecule has 0 aromatic heterocycles. The highest BCUT2D eigenvalue weighted by atomic mass is 16.5. The SMILES string of the molecule is CCOc1ccccc1CNCC1(CCO)CC1. The number of para-hydroxylation sites is 1. The van der Waals surface area contributed by atoms with Gasteiger partial charge in [0.1, 0.15) is 5.75 Å². The van der Waals surface area contributed by atoms with Crippen LogP contribution in [-0.4, -0.2) is 24.9 Å². The number of benzene rings is 1. The summed E-state index contributed by atoms with van der Waals surface area (Å²) in [4.78, 5) is 0. The molecule has 0 bridgehead atoms. The van der Waals surface area contributed by atoms with Crippen LogP contribution in [-0.2, 0) is 6.54 Å². The molecule has 3 heteroatoms. The molecular weight excluding hydrogens is 226 g/mol. The van der Waals surface area contributed by atoms with Crippen molar-refractivity contribution < 1.29 is 9.84 Å². The molecule has 3 nitrogen and oxygen atoms in total. The third kappa shape index (κ3) is 3.47. The van der Waals surface area contributed by atoms with Crippen LogP contribution in [0.4, 0.5) is 0 Å². The fourth-order valence-corrected chi connectivity index (χ4v) is 2.34. The summed E-state index contributed by atoms with van der Waals surface area (Å²) in [6, 6.07) is 8.16. The van der Waals surface area contributed by atoms with Gasteiger partial charge in [-0.1, -0.05) is 18.2 Å². The zero-order valence-electron chi connectivity index (χ0n) is 11.1. The highest BCUT2D eigenvalue weighted by molar-refractivity contribution is 5.33. The maximum atomic E-state index is 9.02. The number of rotatable bonds is 8. The van der Waals surface area contributed by atoms with E-state index in [4.69, 9.17) is 9.84 Å². The van der Waals surface area contributed by atoms with E-state index in [1.54, 1.807) is 0 Å². The van der Waals surface area contributed by atoms with E-state index in [0.29, 0.717) is 18.6 Å². The van der Waals surface area contributed by atoms with E-state index < -0.39 is 0 Å². The van der Waals surface area contributed by atoms with Gasteiger partial charge in [0, 0.05) is 25.3 Å². The summed E-state index contributed by atoms with van der Waals surface area (Å²) in [5, 5.41) is 12.5. The molecule has 1 aromatic carbocycles. The molecule has 0 unspecified atom stereocenters. The minimum atomic E-state index is 0.303. The van der Waals surface area contributed by atoms with Crippen molar-refractivity contribution in [2.75, 3.05) is 19.8 Å².